The van der Waals surface area contributed by atoms with Gasteiger partial charge in [0.1, 0.15) is 0 Å². The Balaban J connectivity index is 1.98. The third-order valence-corrected chi connectivity index (χ3v) is 5.06. The number of thioether (sulfide) groups is 1. The molecule has 2 aromatic carbocycles. The van der Waals surface area contributed by atoms with Crippen molar-refractivity contribution in [1.29, 1.82) is 0 Å². The molecule has 128 valence electrons. The average molecular weight is 350 g/mol. The van der Waals surface area contributed by atoms with Gasteiger partial charge in [0.2, 0.25) is 5.91 Å². The Hall–Kier alpha value is -2.33. The van der Waals surface area contributed by atoms with Crippen molar-refractivity contribution in [2.45, 2.75) is 18.2 Å². The fourth-order valence-electron chi connectivity index (χ4n) is 2.79. The predicted molar refractivity (Wildman–Crippen MR) is 106 cm³/mol. The predicted octanol–water partition coefficient (Wildman–Crippen LogP) is 4.56. The molecule has 4 heteroatoms. The van der Waals surface area contributed by atoms with Crippen molar-refractivity contribution in [3.63, 3.8) is 0 Å². The second kappa shape index (κ2) is 7.28. The van der Waals surface area contributed by atoms with Gasteiger partial charge in [0, 0.05) is 29.9 Å². The summed E-state index contributed by atoms with van der Waals surface area (Å²) in [6, 6.07) is 16.7. The average Bonchev–Trinajstić information content (AvgIpc) is 2.62. The molecule has 0 saturated carbocycles. The minimum absolute atomic E-state index is 0.107. The highest BCUT2D eigenvalue weighted by molar-refractivity contribution is 7.98. The zero-order valence-electron chi connectivity index (χ0n) is 15.0. The van der Waals surface area contributed by atoms with E-state index in [0.29, 0.717) is 6.42 Å². The molecular formula is C21H22N2OS. The lowest BCUT2D eigenvalue weighted by molar-refractivity contribution is -0.127. The Morgan fingerprint density at radius 3 is 2.44 bits per heavy atom. The number of pyridine rings is 1. The molecule has 0 aliphatic heterocycles. The number of hydrogen-bond acceptors (Lipinski definition) is 3. The van der Waals surface area contributed by atoms with Gasteiger partial charge >= 0.3 is 0 Å². The Kier molecular flexibility index (Phi) is 5.09. The normalized spacial score (nSPS) is 10.9. The van der Waals surface area contributed by atoms with Gasteiger partial charge in [-0.1, -0.05) is 18.2 Å². The van der Waals surface area contributed by atoms with Crippen LogP contribution in [0, 0.1) is 6.92 Å². The molecule has 0 spiro atoms. The molecule has 3 rings (SSSR count). The summed E-state index contributed by atoms with van der Waals surface area (Å²) >= 11 is 1.74. The van der Waals surface area contributed by atoms with Crippen molar-refractivity contribution in [2.24, 2.45) is 0 Å². The Labute approximate surface area is 153 Å². The summed E-state index contributed by atoms with van der Waals surface area (Å²) < 4.78 is 0. The Morgan fingerprint density at radius 1 is 1.08 bits per heavy atom. The first kappa shape index (κ1) is 17.5. The number of rotatable bonds is 4. The molecule has 0 saturated heterocycles. The van der Waals surface area contributed by atoms with Crippen LogP contribution in [-0.4, -0.2) is 36.1 Å². The van der Waals surface area contributed by atoms with Crippen LogP contribution >= 0.6 is 11.8 Å². The molecule has 1 amide bonds. The molecule has 0 aliphatic rings. The zero-order valence-corrected chi connectivity index (χ0v) is 15.9. The Morgan fingerprint density at radius 2 is 1.80 bits per heavy atom. The number of benzene rings is 2. The topological polar surface area (TPSA) is 33.2 Å². The van der Waals surface area contributed by atoms with E-state index in [-0.39, 0.29) is 5.91 Å². The molecule has 0 radical (unpaired) electrons. The number of likely N-dealkylation sites (N-methyl/N-ethyl adjacent to an activating group) is 1. The fourth-order valence-corrected chi connectivity index (χ4v) is 3.20. The minimum Gasteiger partial charge on any atom is -0.349 e. The van der Waals surface area contributed by atoms with Crippen LogP contribution in [0.4, 0.5) is 0 Å². The highest BCUT2D eigenvalue weighted by atomic mass is 32.2. The van der Waals surface area contributed by atoms with E-state index in [0.717, 1.165) is 27.7 Å². The van der Waals surface area contributed by atoms with Crippen LogP contribution in [0.1, 0.15) is 11.1 Å². The number of aryl methyl sites for hydroxylation is 1. The zero-order chi connectivity index (χ0) is 18.0. The molecule has 0 aliphatic carbocycles. The van der Waals surface area contributed by atoms with Crippen molar-refractivity contribution >= 4 is 28.6 Å². The van der Waals surface area contributed by atoms with Crippen LogP contribution in [0.2, 0.25) is 0 Å². The molecule has 25 heavy (non-hydrogen) atoms. The lowest BCUT2D eigenvalue weighted by Gasteiger charge is -2.12. The highest BCUT2D eigenvalue weighted by Gasteiger charge is 2.09. The first-order valence-electron chi connectivity index (χ1n) is 8.23. The lowest BCUT2D eigenvalue weighted by Crippen LogP contribution is -2.23. The quantitative estimate of drug-likeness (QED) is 0.647. The number of nitrogens with zero attached hydrogens (tertiary/aromatic N) is 2. The summed E-state index contributed by atoms with van der Waals surface area (Å²) in [5, 5.41) is 1.11. The largest absolute Gasteiger partial charge is 0.349 e. The van der Waals surface area contributed by atoms with Crippen molar-refractivity contribution < 1.29 is 4.79 Å². The summed E-state index contributed by atoms with van der Waals surface area (Å²) in [7, 11) is 3.57. The van der Waals surface area contributed by atoms with Crippen molar-refractivity contribution in [2.75, 3.05) is 20.4 Å². The van der Waals surface area contributed by atoms with Gasteiger partial charge < -0.3 is 4.90 Å². The lowest BCUT2D eigenvalue weighted by atomic mass is 10.0. The summed E-state index contributed by atoms with van der Waals surface area (Å²) in [6.07, 6.45) is 2.49. The smallest absolute Gasteiger partial charge is 0.226 e. The van der Waals surface area contributed by atoms with Crippen LogP contribution in [0.15, 0.2) is 53.4 Å². The van der Waals surface area contributed by atoms with Gasteiger partial charge in [0.05, 0.1) is 17.6 Å². The van der Waals surface area contributed by atoms with Gasteiger partial charge in [0.25, 0.3) is 0 Å². The molecule has 0 atom stereocenters. The number of fused-ring (bicyclic) bond motifs is 1. The number of aromatic nitrogens is 1. The van der Waals surface area contributed by atoms with E-state index in [2.05, 4.69) is 49.6 Å². The van der Waals surface area contributed by atoms with E-state index in [1.165, 1.54) is 10.5 Å². The number of hydrogen-bond donors (Lipinski definition) is 0. The first-order chi connectivity index (χ1) is 12.0. The molecule has 0 bridgehead atoms. The van der Waals surface area contributed by atoms with Crippen LogP contribution in [0.3, 0.4) is 0 Å². The molecule has 3 aromatic rings. The third kappa shape index (κ3) is 3.85. The maximum atomic E-state index is 11.9. The second-order valence-corrected chi connectivity index (χ2v) is 7.25. The van der Waals surface area contributed by atoms with E-state index in [1.807, 2.05) is 12.1 Å². The molecule has 0 N–H and O–H groups in total. The van der Waals surface area contributed by atoms with E-state index >= 15 is 0 Å². The number of carbonyl (C=O) groups is 1. The number of carbonyl (C=O) groups excluding carboxylic acids is 1. The molecule has 3 nitrogen and oxygen atoms in total. The van der Waals surface area contributed by atoms with E-state index in [1.54, 1.807) is 30.8 Å². The van der Waals surface area contributed by atoms with Crippen LogP contribution in [0.25, 0.3) is 22.2 Å². The summed E-state index contributed by atoms with van der Waals surface area (Å²) in [4.78, 5) is 19.6. The van der Waals surface area contributed by atoms with E-state index in [9.17, 15) is 4.79 Å². The van der Waals surface area contributed by atoms with Gasteiger partial charge in [0.15, 0.2) is 0 Å². The summed E-state index contributed by atoms with van der Waals surface area (Å²) in [5.74, 6) is 0.107. The molecule has 0 unspecified atom stereocenters. The van der Waals surface area contributed by atoms with Crippen LogP contribution in [-0.2, 0) is 11.2 Å². The molecule has 1 aromatic heterocycles. The second-order valence-electron chi connectivity index (χ2n) is 6.37. The maximum absolute atomic E-state index is 11.9. The van der Waals surface area contributed by atoms with E-state index < -0.39 is 0 Å². The van der Waals surface area contributed by atoms with Gasteiger partial charge in [-0.05, 0) is 54.6 Å². The van der Waals surface area contributed by atoms with Gasteiger partial charge in [-0.2, -0.15) is 0 Å². The highest BCUT2D eigenvalue weighted by Crippen LogP contribution is 2.27. The van der Waals surface area contributed by atoms with Gasteiger partial charge in [-0.25, -0.2) is 4.98 Å². The van der Waals surface area contributed by atoms with Crippen molar-refractivity contribution in [1.82, 2.24) is 9.88 Å². The van der Waals surface area contributed by atoms with Crippen LogP contribution < -0.4 is 0 Å². The monoisotopic (exact) mass is 350 g/mol. The first-order valence-corrected chi connectivity index (χ1v) is 9.45. The maximum Gasteiger partial charge on any atom is 0.226 e. The Bertz CT molecular complexity index is 917. The summed E-state index contributed by atoms with van der Waals surface area (Å²) in [5.41, 5.74) is 5.26. The van der Waals surface area contributed by atoms with Crippen molar-refractivity contribution in [3.05, 3.63) is 59.7 Å². The standard InChI is InChI=1S/C21H22N2OS/c1-14-11-20(16-6-8-17(25-4)9-7-16)22-19-10-5-15(12-18(14)19)13-21(24)23(2)3/h5-12H,13H2,1-4H3. The summed E-state index contributed by atoms with van der Waals surface area (Å²) in [6.45, 7) is 2.10. The van der Waals surface area contributed by atoms with E-state index in [4.69, 9.17) is 4.98 Å². The van der Waals surface area contributed by atoms with Gasteiger partial charge in [-0.15, -0.1) is 11.8 Å². The van der Waals surface area contributed by atoms with Crippen LogP contribution in [0.5, 0.6) is 0 Å². The molecule has 1 heterocycles. The molecular weight excluding hydrogens is 328 g/mol. The number of amides is 1. The fraction of sp³-hybridized carbons (Fsp3) is 0.238. The minimum atomic E-state index is 0.107. The molecule has 0 fully saturated rings. The SMILES string of the molecule is CSc1ccc(-c2cc(C)c3cc(CC(=O)N(C)C)ccc3n2)cc1. The van der Waals surface area contributed by atoms with Gasteiger partial charge in [-0.3, -0.25) is 4.79 Å². The van der Waals surface area contributed by atoms with Crippen molar-refractivity contribution in [3.8, 4) is 11.3 Å². The third-order valence-electron chi connectivity index (χ3n) is 4.32.